The van der Waals surface area contributed by atoms with Crippen LogP contribution in [0.4, 0.5) is 26.3 Å². The Bertz CT molecular complexity index is 1440. The zero-order valence-corrected chi connectivity index (χ0v) is 18.0. The SMILES string of the molecule is CS(=O)(=O)c1ccc(-n2nc(C(F)(F)F)cc2-c2ccc(-c3ccco3)cc2)c(C(F)(F)F)c1. The molecule has 34 heavy (non-hydrogen) atoms. The van der Waals surface area contributed by atoms with E-state index in [2.05, 4.69) is 5.10 Å². The van der Waals surface area contributed by atoms with Gasteiger partial charge in [-0.25, -0.2) is 13.1 Å². The summed E-state index contributed by atoms with van der Waals surface area (Å²) in [7, 11) is -4.01. The van der Waals surface area contributed by atoms with E-state index in [1.165, 1.54) is 30.5 Å². The Morgan fingerprint density at radius 1 is 0.853 bits per heavy atom. The second-order valence-corrected chi connectivity index (χ2v) is 9.34. The largest absolute Gasteiger partial charge is 0.464 e. The highest BCUT2D eigenvalue weighted by molar-refractivity contribution is 7.90. The minimum Gasteiger partial charge on any atom is -0.464 e. The molecule has 0 aliphatic heterocycles. The lowest BCUT2D eigenvalue weighted by Gasteiger charge is -2.16. The summed E-state index contributed by atoms with van der Waals surface area (Å²) in [6, 6.07) is 11.9. The highest BCUT2D eigenvalue weighted by Crippen LogP contribution is 2.39. The Kier molecular flexibility index (Phi) is 5.59. The minimum absolute atomic E-state index is 0.152. The van der Waals surface area contributed by atoms with Gasteiger partial charge in [0.2, 0.25) is 0 Å². The van der Waals surface area contributed by atoms with E-state index in [-0.39, 0.29) is 11.3 Å². The van der Waals surface area contributed by atoms with Crippen LogP contribution in [0, 0.1) is 0 Å². The summed E-state index contributed by atoms with van der Waals surface area (Å²) < 4.78 is 111. The molecule has 2 aromatic heterocycles. The second kappa shape index (κ2) is 8.05. The van der Waals surface area contributed by atoms with Crippen LogP contribution >= 0.6 is 0 Å². The van der Waals surface area contributed by atoms with Gasteiger partial charge in [-0.3, -0.25) is 0 Å². The third kappa shape index (κ3) is 4.58. The fourth-order valence-corrected chi connectivity index (χ4v) is 3.96. The van der Waals surface area contributed by atoms with Gasteiger partial charge in [0, 0.05) is 17.4 Å². The molecule has 0 atom stereocenters. The second-order valence-electron chi connectivity index (χ2n) is 7.33. The molecule has 0 fully saturated rings. The van der Waals surface area contributed by atoms with Crippen LogP contribution in [0.2, 0.25) is 0 Å². The molecule has 0 radical (unpaired) electrons. The molecule has 0 N–H and O–H groups in total. The first-order valence-electron chi connectivity index (χ1n) is 9.48. The third-order valence-electron chi connectivity index (χ3n) is 4.92. The van der Waals surface area contributed by atoms with Gasteiger partial charge >= 0.3 is 12.4 Å². The highest BCUT2D eigenvalue weighted by Gasteiger charge is 2.39. The molecule has 12 heteroatoms. The van der Waals surface area contributed by atoms with Crippen molar-refractivity contribution in [2.75, 3.05) is 6.26 Å². The molecule has 178 valence electrons. The standard InChI is InChI=1S/C22H14F6N2O3S/c1-34(31,32)15-8-9-17(16(11-15)21(23,24)25)30-18(12-20(29-30)22(26,27)28)13-4-6-14(7-5-13)19-3-2-10-33-19/h2-12H,1H3. The topological polar surface area (TPSA) is 65.1 Å². The lowest BCUT2D eigenvalue weighted by Crippen LogP contribution is -2.14. The van der Waals surface area contributed by atoms with E-state index < -0.39 is 44.0 Å². The molecule has 0 unspecified atom stereocenters. The van der Waals surface area contributed by atoms with Gasteiger partial charge in [-0.1, -0.05) is 24.3 Å². The molecule has 0 amide bonds. The number of halogens is 6. The van der Waals surface area contributed by atoms with Gasteiger partial charge < -0.3 is 4.42 Å². The van der Waals surface area contributed by atoms with Crippen molar-refractivity contribution in [3.05, 3.63) is 78.2 Å². The zero-order valence-electron chi connectivity index (χ0n) is 17.1. The first kappa shape index (κ1) is 23.6. The Hall–Kier alpha value is -3.54. The van der Waals surface area contributed by atoms with Gasteiger partial charge in [-0.05, 0) is 36.4 Å². The van der Waals surface area contributed by atoms with E-state index in [0.29, 0.717) is 28.1 Å². The van der Waals surface area contributed by atoms with Gasteiger partial charge in [0.15, 0.2) is 15.5 Å². The predicted molar refractivity (Wildman–Crippen MR) is 110 cm³/mol. The van der Waals surface area contributed by atoms with Crippen LogP contribution in [-0.4, -0.2) is 24.5 Å². The molecule has 2 heterocycles. The lowest BCUT2D eigenvalue weighted by atomic mass is 10.1. The highest BCUT2D eigenvalue weighted by atomic mass is 32.2. The molecular formula is C22H14F6N2O3S. The predicted octanol–water partition coefficient (Wildman–Crippen LogP) is 6.24. The van der Waals surface area contributed by atoms with Crippen molar-refractivity contribution < 1.29 is 39.2 Å². The zero-order chi connectivity index (χ0) is 24.9. The van der Waals surface area contributed by atoms with Crippen LogP contribution in [0.3, 0.4) is 0 Å². The van der Waals surface area contributed by atoms with Crippen molar-refractivity contribution in [1.29, 1.82) is 0 Å². The first-order chi connectivity index (χ1) is 15.7. The van der Waals surface area contributed by atoms with E-state index in [1.807, 2.05) is 0 Å². The minimum atomic E-state index is -5.07. The Balaban J connectivity index is 1.93. The number of sulfone groups is 1. The molecule has 0 aliphatic carbocycles. The normalized spacial score (nSPS) is 12.8. The van der Waals surface area contributed by atoms with Gasteiger partial charge in [0.05, 0.1) is 28.1 Å². The number of aromatic nitrogens is 2. The monoisotopic (exact) mass is 500 g/mol. The summed E-state index contributed by atoms with van der Waals surface area (Å²) in [4.78, 5) is -0.629. The number of alkyl halides is 6. The lowest BCUT2D eigenvalue weighted by molar-refractivity contribution is -0.141. The summed E-state index contributed by atoms with van der Waals surface area (Å²) in [6.07, 6.45) is -7.84. The number of hydrogen-bond acceptors (Lipinski definition) is 4. The number of nitrogens with zero attached hydrogens (tertiary/aromatic N) is 2. The van der Waals surface area contributed by atoms with Crippen LogP contribution in [0.5, 0.6) is 0 Å². The van der Waals surface area contributed by atoms with Crippen LogP contribution in [0.1, 0.15) is 11.3 Å². The number of furan rings is 1. The van der Waals surface area contributed by atoms with Crippen molar-refractivity contribution in [2.24, 2.45) is 0 Å². The van der Waals surface area contributed by atoms with Crippen LogP contribution < -0.4 is 0 Å². The van der Waals surface area contributed by atoms with E-state index in [1.54, 1.807) is 12.1 Å². The maximum atomic E-state index is 13.8. The maximum Gasteiger partial charge on any atom is 0.435 e. The Labute approximate surface area is 189 Å². The molecule has 5 nitrogen and oxygen atoms in total. The van der Waals surface area contributed by atoms with Gasteiger partial charge in [0.1, 0.15) is 5.76 Å². The molecule has 0 bridgehead atoms. The summed E-state index contributed by atoms with van der Waals surface area (Å²) in [6.45, 7) is 0. The van der Waals surface area contributed by atoms with Crippen LogP contribution in [0.15, 0.2) is 76.2 Å². The van der Waals surface area contributed by atoms with Crippen molar-refractivity contribution in [3.8, 4) is 28.3 Å². The number of benzene rings is 2. The van der Waals surface area contributed by atoms with Crippen molar-refractivity contribution in [1.82, 2.24) is 9.78 Å². The van der Waals surface area contributed by atoms with E-state index in [0.717, 1.165) is 18.4 Å². The van der Waals surface area contributed by atoms with E-state index in [4.69, 9.17) is 4.42 Å². The summed E-state index contributed by atoms with van der Waals surface area (Å²) in [5.41, 5.74) is -3.11. The molecular weight excluding hydrogens is 486 g/mol. The smallest absolute Gasteiger partial charge is 0.435 e. The molecule has 4 rings (SSSR count). The Morgan fingerprint density at radius 3 is 2.03 bits per heavy atom. The average molecular weight is 500 g/mol. The quantitative estimate of drug-likeness (QED) is 0.311. The maximum absolute atomic E-state index is 13.8. The first-order valence-corrected chi connectivity index (χ1v) is 11.4. The molecule has 0 saturated heterocycles. The number of hydrogen-bond donors (Lipinski definition) is 0. The molecule has 4 aromatic rings. The van der Waals surface area contributed by atoms with Gasteiger partial charge in [0.25, 0.3) is 0 Å². The van der Waals surface area contributed by atoms with Crippen LogP contribution in [0.25, 0.3) is 28.3 Å². The van der Waals surface area contributed by atoms with Crippen molar-refractivity contribution >= 4 is 9.84 Å². The molecule has 0 aliphatic rings. The average Bonchev–Trinajstić information content (AvgIpc) is 3.42. The molecule has 0 spiro atoms. The van der Waals surface area contributed by atoms with Crippen molar-refractivity contribution in [2.45, 2.75) is 17.2 Å². The van der Waals surface area contributed by atoms with E-state index >= 15 is 0 Å². The third-order valence-corrected chi connectivity index (χ3v) is 6.03. The summed E-state index contributed by atoms with van der Waals surface area (Å²) >= 11 is 0. The van der Waals surface area contributed by atoms with Gasteiger partial charge in [-0.2, -0.15) is 31.4 Å². The van der Waals surface area contributed by atoms with Crippen LogP contribution in [-0.2, 0) is 22.2 Å². The molecule has 0 saturated carbocycles. The van der Waals surface area contributed by atoms with Crippen molar-refractivity contribution in [3.63, 3.8) is 0 Å². The fourth-order valence-electron chi connectivity index (χ4n) is 3.31. The fraction of sp³-hybridized carbons (Fsp3) is 0.136. The molecule has 2 aromatic carbocycles. The van der Waals surface area contributed by atoms with E-state index in [9.17, 15) is 34.8 Å². The summed E-state index contributed by atoms with van der Waals surface area (Å²) in [5.74, 6) is 0.492. The number of rotatable bonds is 4. The summed E-state index contributed by atoms with van der Waals surface area (Å²) in [5, 5.41) is 3.39. The van der Waals surface area contributed by atoms with Gasteiger partial charge in [-0.15, -0.1) is 0 Å². The Morgan fingerprint density at radius 2 is 1.50 bits per heavy atom.